The maximum atomic E-state index is 6.18. The molecule has 1 aromatic heterocycles. The molecular weight excluding hydrogens is 274 g/mol. The van der Waals surface area contributed by atoms with Gasteiger partial charge in [-0.05, 0) is 24.3 Å². The van der Waals surface area contributed by atoms with Crippen molar-refractivity contribution in [1.82, 2.24) is 0 Å². The zero-order valence-electron chi connectivity index (χ0n) is 10.8. The van der Waals surface area contributed by atoms with Gasteiger partial charge < -0.3 is 14.9 Å². The summed E-state index contributed by atoms with van der Waals surface area (Å²) in [5.74, 6) is 2.30. The Morgan fingerprint density at radius 2 is 1.70 bits per heavy atom. The first-order chi connectivity index (χ1) is 9.78. The van der Waals surface area contributed by atoms with Gasteiger partial charge in [0.25, 0.3) is 0 Å². The van der Waals surface area contributed by atoms with Gasteiger partial charge in [0.05, 0.1) is 6.54 Å². The Bertz CT molecular complexity index is 736. The van der Waals surface area contributed by atoms with Gasteiger partial charge >= 0.3 is 0 Å². The number of furan rings is 1. The molecule has 0 aliphatic carbocycles. The molecular formula is C16H14ClNO2. The summed E-state index contributed by atoms with van der Waals surface area (Å²) >= 11 is 6.18. The topological polar surface area (TPSA) is 48.4 Å². The summed E-state index contributed by atoms with van der Waals surface area (Å²) in [6, 6.07) is 15.3. The maximum Gasteiger partial charge on any atom is 0.146 e. The average molecular weight is 288 g/mol. The molecule has 3 nitrogen and oxygen atoms in total. The van der Waals surface area contributed by atoms with Crippen LogP contribution in [0.5, 0.6) is 5.75 Å². The maximum absolute atomic E-state index is 6.18. The number of rotatable bonds is 4. The first-order valence-electron chi connectivity index (χ1n) is 6.35. The van der Waals surface area contributed by atoms with E-state index >= 15 is 0 Å². The van der Waals surface area contributed by atoms with Gasteiger partial charge in [-0.3, -0.25) is 0 Å². The fourth-order valence-corrected chi connectivity index (χ4v) is 2.35. The Labute approximate surface area is 121 Å². The van der Waals surface area contributed by atoms with E-state index in [0.29, 0.717) is 13.2 Å². The second-order valence-corrected chi connectivity index (χ2v) is 4.86. The molecule has 2 N–H and O–H groups in total. The second-order valence-electron chi connectivity index (χ2n) is 4.45. The van der Waals surface area contributed by atoms with E-state index in [1.165, 1.54) is 0 Å². The molecule has 0 spiro atoms. The van der Waals surface area contributed by atoms with Crippen LogP contribution in [0.2, 0.25) is 5.02 Å². The molecule has 0 aliphatic heterocycles. The van der Waals surface area contributed by atoms with Crippen LogP contribution in [0.3, 0.4) is 0 Å². The van der Waals surface area contributed by atoms with E-state index in [9.17, 15) is 0 Å². The van der Waals surface area contributed by atoms with Gasteiger partial charge in [0.15, 0.2) is 0 Å². The van der Waals surface area contributed by atoms with Crippen LogP contribution >= 0.6 is 11.6 Å². The van der Waals surface area contributed by atoms with Gasteiger partial charge in [-0.1, -0.05) is 35.9 Å². The predicted octanol–water partition coefficient (Wildman–Crippen LogP) is 4.12. The van der Waals surface area contributed by atoms with Crippen LogP contribution < -0.4 is 10.5 Å². The van der Waals surface area contributed by atoms with Gasteiger partial charge in [0.2, 0.25) is 0 Å². The summed E-state index contributed by atoms with van der Waals surface area (Å²) in [5, 5.41) is 2.69. The summed E-state index contributed by atoms with van der Waals surface area (Å²) in [6.45, 7) is 0.759. The lowest BCUT2D eigenvalue weighted by Crippen LogP contribution is -1.96. The molecule has 3 aromatic rings. The van der Waals surface area contributed by atoms with Crippen molar-refractivity contribution < 1.29 is 9.15 Å². The lowest BCUT2D eigenvalue weighted by molar-refractivity contribution is 0.269. The summed E-state index contributed by atoms with van der Waals surface area (Å²) in [5.41, 5.74) is 5.51. The minimum absolute atomic E-state index is 0.367. The van der Waals surface area contributed by atoms with E-state index in [1.807, 2.05) is 48.5 Å². The van der Waals surface area contributed by atoms with Crippen molar-refractivity contribution in [1.29, 1.82) is 0 Å². The van der Waals surface area contributed by atoms with Crippen LogP contribution in [0, 0.1) is 0 Å². The van der Waals surface area contributed by atoms with Gasteiger partial charge in [-0.25, -0.2) is 0 Å². The minimum Gasteiger partial charge on any atom is -0.485 e. The molecule has 3 rings (SSSR count). The lowest BCUT2D eigenvalue weighted by Gasteiger charge is -2.09. The Balaban J connectivity index is 1.86. The first-order valence-corrected chi connectivity index (χ1v) is 6.73. The van der Waals surface area contributed by atoms with E-state index in [-0.39, 0.29) is 0 Å². The zero-order valence-corrected chi connectivity index (χ0v) is 11.6. The van der Waals surface area contributed by atoms with Gasteiger partial charge in [-0.2, -0.15) is 0 Å². The predicted molar refractivity (Wildman–Crippen MR) is 79.9 cm³/mol. The largest absolute Gasteiger partial charge is 0.485 e. The Hall–Kier alpha value is -1.97. The highest BCUT2D eigenvalue weighted by atomic mass is 35.5. The molecule has 0 aliphatic rings. The molecule has 0 saturated heterocycles. The molecule has 20 heavy (non-hydrogen) atoms. The molecule has 2 aromatic carbocycles. The smallest absolute Gasteiger partial charge is 0.146 e. The Morgan fingerprint density at radius 1 is 0.950 bits per heavy atom. The Morgan fingerprint density at radius 3 is 2.45 bits per heavy atom. The summed E-state index contributed by atoms with van der Waals surface area (Å²) < 4.78 is 11.3. The molecule has 0 unspecified atom stereocenters. The number of fused-ring (bicyclic) bond motifs is 1. The van der Waals surface area contributed by atoms with Crippen molar-refractivity contribution in [2.75, 3.05) is 0 Å². The molecule has 4 heteroatoms. The van der Waals surface area contributed by atoms with Gasteiger partial charge in [0.1, 0.15) is 23.9 Å². The van der Waals surface area contributed by atoms with Crippen LogP contribution in [-0.2, 0) is 13.2 Å². The second kappa shape index (κ2) is 5.57. The van der Waals surface area contributed by atoms with Gasteiger partial charge in [-0.15, -0.1) is 0 Å². The molecule has 102 valence electrons. The van der Waals surface area contributed by atoms with E-state index in [1.54, 1.807) is 0 Å². The highest BCUT2D eigenvalue weighted by Gasteiger charge is 2.07. The van der Waals surface area contributed by atoms with Crippen molar-refractivity contribution in [2.24, 2.45) is 5.73 Å². The van der Waals surface area contributed by atoms with E-state index in [4.69, 9.17) is 26.5 Å². The molecule has 0 saturated carbocycles. The van der Waals surface area contributed by atoms with Crippen molar-refractivity contribution in [3.8, 4) is 5.75 Å². The van der Waals surface area contributed by atoms with Crippen molar-refractivity contribution in [3.63, 3.8) is 0 Å². The van der Waals surface area contributed by atoms with Crippen LogP contribution in [0.4, 0.5) is 0 Å². The van der Waals surface area contributed by atoms with E-state index in [0.717, 1.165) is 33.1 Å². The molecule has 1 heterocycles. The molecule has 0 amide bonds. The van der Waals surface area contributed by atoms with E-state index in [2.05, 4.69) is 0 Å². The zero-order chi connectivity index (χ0) is 13.9. The molecule has 0 fully saturated rings. The highest BCUT2D eigenvalue weighted by Crippen LogP contribution is 2.31. The molecule has 0 bridgehead atoms. The average Bonchev–Trinajstić information content (AvgIpc) is 2.95. The fourth-order valence-electron chi connectivity index (χ4n) is 2.12. The molecule has 0 atom stereocenters. The standard InChI is InChI=1S/C16H14ClNO2/c17-15-7-8-16(14-4-2-1-3-13(14)15)19-10-12-6-5-11(9-18)20-12/h1-8H,9-10,18H2. The normalized spacial score (nSPS) is 10.9. The Kier molecular flexibility index (Phi) is 3.63. The van der Waals surface area contributed by atoms with Crippen LogP contribution in [0.25, 0.3) is 10.8 Å². The van der Waals surface area contributed by atoms with Crippen molar-refractivity contribution in [3.05, 3.63) is 65.1 Å². The lowest BCUT2D eigenvalue weighted by atomic mass is 10.1. The van der Waals surface area contributed by atoms with Crippen LogP contribution in [0.1, 0.15) is 11.5 Å². The number of nitrogens with two attached hydrogens (primary N) is 1. The summed E-state index contributed by atoms with van der Waals surface area (Å²) in [4.78, 5) is 0. The third kappa shape index (κ3) is 2.50. The molecule has 0 radical (unpaired) electrons. The summed E-state index contributed by atoms with van der Waals surface area (Å²) in [6.07, 6.45) is 0. The SMILES string of the molecule is NCc1ccc(COc2ccc(Cl)c3ccccc23)o1. The number of benzene rings is 2. The third-order valence-electron chi connectivity index (χ3n) is 3.12. The third-order valence-corrected chi connectivity index (χ3v) is 3.45. The summed E-state index contributed by atoms with van der Waals surface area (Å²) in [7, 11) is 0. The number of ether oxygens (including phenoxy) is 1. The minimum atomic E-state index is 0.367. The quantitative estimate of drug-likeness (QED) is 0.785. The highest BCUT2D eigenvalue weighted by molar-refractivity contribution is 6.35. The van der Waals surface area contributed by atoms with Crippen molar-refractivity contribution >= 4 is 22.4 Å². The van der Waals surface area contributed by atoms with Crippen LogP contribution in [-0.4, -0.2) is 0 Å². The monoisotopic (exact) mass is 287 g/mol. The number of hydrogen-bond donors (Lipinski definition) is 1. The fraction of sp³-hybridized carbons (Fsp3) is 0.125. The van der Waals surface area contributed by atoms with Gasteiger partial charge in [0, 0.05) is 15.8 Å². The van der Waals surface area contributed by atoms with E-state index < -0.39 is 0 Å². The van der Waals surface area contributed by atoms with Crippen LogP contribution in [0.15, 0.2) is 52.9 Å². The van der Waals surface area contributed by atoms with Crippen molar-refractivity contribution in [2.45, 2.75) is 13.2 Å². The number of halogens is 1. The number of hydrogen-bond acceptors (Lipinski definition) is 3. The first kappa shape index (κ1) is 13.0.